The second kappa shape index (κ2) is 3.82. The maximum atomic E-state index is 13.3. The number of hydrogen-bond acceptors (Lipinski definition) is 3. The quantitative estimate of drug-likeness (QED) is 0.571. The number of rotatable bonds is 2. The average molecular weight is 198 g/mol. The lowest BCUT2D eigenvalue weighted by Crippen LogP contribution is -2.19. The number of nitro groups is 1. The zero-order valence-electron chi connectivity index (χ0n) is 7.28. The summed E-state index contributed by atoms with van der Waals surface area (Å²) >= 11 is 0. The highest BCUT2D eigenvalue weighted by atomic mass is 19.1. The molecule has 6 heteroatoms. The van der Waals surface area contributed by atoms with E-state index in [0.717, 1.165) is 6.07 Å². The molecular formula is C8H7FN2O3. The minimum atomic E-state index is -1.11. The topological polar surface area (TPSA) is 72.2 Å². The number of benzene rings is 1. The molecule has 0 saturated carbocycles. The molecule has 0 aliphatic carbocycles. The SMILES string of the molecule is CNC(=O)c1cccc([N+](=O)[O-])c1F. The number of hydrogen-bond donors (Lipinski definition) is 1. The van der Waals surface area contributed by atoms with E-state index in [0.29, 0.717) is 0 Å². The van der Waals surface area contributed by atoms with E-state index in [-0.39, 0.29) is 5.56 Å². The van der Waals surface area contributed by atoms with Crippen LogP contribution in [0, 0.1) is 15.9 Å². The van der Waals surface area contributed by atoms with E-state index in [1.807, 2.05) is 0 Å². The summed E-state index contributed by atoms with van der Waals surface area (Å²) in [6.45, 7) is 0. The molecule has 0 unspecified atom stereocenters. The van der Waals surface area contributed by atoms with Crippen LogP contribution in [0.15, 0.2) is 18.2 Å². The second-order valence-electron chi connectivity index (χ2n) is 2.47. The molecule has 0 spiro atoms. The molecule has 1 rings (SSSR count). The lowest BCUT2D eigenvalue weighted by molar-refractivity contribution is -0.387. The van der Waals surface area contributed by atoms with Crippen LogP contribution in [0.5, 0.6) is 0 Å². The molecule has 0 fully saturated rings. The van der Waals surface area contributed by atoms with Crippen LogP contribution < -0.4 is 5.32 Å². The van der Waals surface area contributed by atoms with Gasteiger partial charge in [0.1, 0.15) is 0 Å². The van der Waals surface area contributed by atoms with Gasteiger partial charge < -0.3 is 5.32 Å². The van der Waals surface area contributed by atoms with Crippen LogP contribution in [0.1, 0.15) is 10.4 Å². The zero-order chi connectivity index (χ0) is 10.7. The Hall–Kier alpha value is -1.98. The van der Waals surface area contributed by atoms with E-state index >= 15 is 0 Å². The van der Waals surface area contributed by atoms with Crippen molar-refractivity contribution in [2.75, 3.05) is 7.05 Å². The summed E-state index contributed by atoms with van der Waals surface area (Å²) in [5.41, 5.74) is -1.03. The van der Waals surface area contributed by atoms with E-state index in [4.69, 9.17) is 0 Å². The van der Waals surface area contributed by atoms with Crippen LogP contribution in [0.2, 0.25) is 0 Å². The number of nitro benzene ring substituents is 1. The van der Waals surface area contributed by atoms with Gasteiger partial charge >= 0.3 is 5.69 Å². The zero-order valence-corrected chi connectivity index (χ0v) is 7.28. The maximum Gasteiger partial charge on any atom is 0.305 e. The summed E-state index contributed by atoms with van der Waals surface area (Å²) in [6.07, 6.45) is 0. The fourth-order valence-corrected chi connectivity index (χ4v) is 0.971. The molecule has 1 aromatic rings. The highest BCUT2D eigenvalue weighted by Gasteiger charge is 2.20. The van der Waals surface area contributed by atoms with E-state index in [2.05, 4.69) is 5.32 Å². The highest BCUT2D eigenvalue weighted by molar-refractivity contribution is 5.94. The number of carbonyl (C=O) groups is 1. The van der Waals surface area contributed by atoms with Crippen molar-refractivity contribution in [3.05, 3.63) is 39.7 Å². The Bertz CT molecular complexity index is 392. The van der Waals surface area contributed by atoms with Gasteiger partial charge in [-0.2, -0.15) is 4.39 Å². The largest absolute Gasteiger partial charge is 0.355 e. The minimum absolute atomic E-state index is 0.332. The molecule has 0 aromatic heterocycles. The van der Waals surface area contributed by atoms with Gasteiger partial charge in [0, 0.05) is 13.1 Å². The van der Waals surface area contributed by atoms with Gasteiger partial charge in [-0.25, -0.2) is 0 Å². The smallest absolute Gasteiger partial charge is 0.305 e. The Kier molecular flexibility index (Phi) is 2.76. The summed E-state index contributed by atoms with van der Waals surface area (Å²) in [7, 11) is 1.32. The molecular weight excluding hydrogens is 191 g/mol. The number of nitrogens with zero attached hydrogens (tertiary/aromatic N) is 1. The Morgan fingerprint density at radius 1 is 1.57 bits per heavy atom. The fourth-order valence-electron chi connectivity index (χ4n) is 0.971. The third-order valence-corrected chi connectivity index (χ3v) is 1.65. The molecule has 0 radical (unpaired) electrons. The number of amides is 1. The van der Waals surface area contributed by atoms with Gasteiger partial charge in [-0.15, -0.1) is 0 Å². The highest BCUT2D eigenvalue weighted by Crippen LogP contribution is 2.19. The first-order chi connectivity index (χ1) is 6.57. The van der Waals surface area contributed by atoms with Crippen LogP contribution in [0.4, 0.5) is 10.1 Å². The number of carbonyl (C=O) groups excluding carboxylic acids is 1. The van der Waals surface area contributed by atoms with Crippen molar-refractivity contribution >= 4 is 11.6 Å². The van der Waals surface area contributed by atoms with Crippen LogP contribution in [0.25, 0.3) is 0 Å². The standard InChI is InChI=1S/C8H7FN2O3/c1-10-8(12)5-3-2-4-6(7(5)9)11(13)14/h2-4H,1H3,(H,10,12). The third-order valence-electron chi connectivity index (χ3n) is 1.65. The van der Waals surface area contributed by atoms with Crippen LogP contribution in [0.3, 0.4) is 0 Å². The number of nitrogens with one attached hydrogen (secondary N) is 1. The summed E-state index contributed by atoms with van der Waals surface area (Å²) in [6, 6.07) is 3.44. The van der Waals surface area contributed by atoms with Crippen molar-refractivity contribution in [1.29, 1.82) is 0 Å². The molecule has 0 bridgehead atoms. The predicted octanol–water partition coefficient (Wildman–Crippen LogP) is 1.09. The average Bonchev–Trinajstić information content (AvgIpc) is 2.16. The third kappa shape index (κ3) is 1.68. The molecule has 0 aliphatic rings. The van der Waals surface area contributed by atoms with E-state index in [9.17, 15) is 19.3 Å². The molecule has 5 nitrogen and oxygen atoms in total. The Morgan fingerprint density at radius 2 is 2.21 bits per heavy atom. The molecule has 1 amide bonds. The van der Waals surface area contributed by atoms with E-state index in [1.54, 1.807) is 0 Å². The van der Waals surface area contributed by atoms with Crippen molar-refractivity contribution in [3.8, 4) is 0 Å². The molecule has 1 N–H and O–H groups in total. The molecule has 1 aromatic carbocycles. The maximum absolute atomic E-state index is 13.3. The van der Waals surface area contributed by atoms with E-state index in [1.165, 1.54) is 19.2 Å². The molecule has 0 aliphatic heterocycles. The normalized spacial score (nSPS) is 9.57. The Labute approximate surface area is 78.7 Å². The first-order valence-electron chi connectivity index (χ1n) is 3.73. The second-order valence-corrected chi connectivity index (χ2v) is 2.47. The van der Waals surface area contributed by atoms with Crippen molar-refractivity contribution < 1.29 is 14.1 Å². The molecule has 0 atom stereocenters. The van der Waals surface area contributed by atoms with Gasteiger partial charge in [0.25, 0.3) is 5.91 Å². The Balaban J connectivity index is 3.27. The first-order valence-corrected chi connectivity index (χ1v) is 3.73. The van der Waals surface area contributed by atoms with Crippen molar-refractivity contribution in [2.24, 2.45) is 0 Å². The fraction of sp³-hybridized carbons (Fsp3) is 0.125. The molecule has 74 valence electrons. The molecule has 0 saturated heterocycles. The lowest BCUT2D eigenvalue weighted by Gasteiger charge is -2.00. The van der Waals surface area contributed by atoms with Gasteiger partial charge in [0.15, 0.2) is 0 Å². The van der Waals surface area contributed by atoms with Gasteiger partial charge in [-0.05, 0) is 6.07 Å². The van der Waals surface area contributed by atoms with Gasteiger partial charge in [-0.3, -0.25) is 14.9 Å². The summed E-state index contributed by atoms with van der Waals surface area (Å²) in [5.74, 6) is -1.80. The minimum Gasteiger partial charge on any atom is -0.355 e. The summed E-state index contributed by atoms with van der Waals surface area (Å²) in [4.78, 5) is 20.5. The van der Waals surface area contributed by atoms with Crippen LogP contribution in [-0.2, 0) is 0 Å². The summed E-state index contributed by atoms with van der Waals surface area (Å²) < 4.78 is 13.3. The summed E-state index contributed by atoms with van der Waals surface area (Å²) in [5, 5.41) is 12.5. The monoisotopic (exact) mass is 198 g/mol. The van der Waals surface area contributed by atoms with Gasteiger partial charge in [0.05, 0.1) is 10.5 Å². The Morgan fingerprint density at radius 3 is 2.71 bits per heavy atom. The lowest BCUT2D eigenvalue weighted by atomic mass is 10.2. The van der Waals surface area contributed by atoms with Gasteiger partial charge in [-0.1, -0.05) is 6.07 Å². The van der Waals surface area contributed by atoms with Crippen molar-refractivity contribution in [1.82, 2.24) is 5.32 Å². The first kappa shape index (κ1) is 10.1. The van der Waals surface area contributed by atoms with Crippen molar-refractivity contribution in [3.63, 3.8) is 0 Å². The van der Waals surface area contributed by atoms with Gasteiger partial charge in [0.2, 0.25) is 5.82 Å². The predicted molar refractivity (Wildman–Crippen MR) is 46.4 cm³/mol. The molecule has 0 heterocycles. The van der Waals surface area contributed by atoms with Crippen LogP contribution >= 0.6 is 0 Å². The molecule has 14 heavy (non-hydrogen) atoms. The number of halogens is 1. The van der Waals surface area contributed by atoms with E-state index < -0.39 is 22.3 Å². The van der Waals surface area contributed by atoms with Crippen molar-refractivity contribution in [2.45, 2.75) is 0 Å². The van der Waals surface area contributed by atoms with Crippen LogP contribution in [-0.4, -0.2) is 17.9 Å².